The number of alkyl halides is 6. The van der Waals surface area contributed by atoms with Crippen molar-refractivity contribution in [2.45, 2.75) is 63.9 Å². The second kappa shape index (κ2) is 13.3. The number of halogens is 6. The molecular weight excluding hydrogens is 590 g/mol. The van der Waals surface area contributed by atoms with E-state index in [1.165, 1.54) is 12.0 Å². The van der Waals surface area contributed by atoms with Gasteiger partial charge in [-0.05, 0) is 61.4 Å². The van der Waals surface area contributed by atoms with Gasteiger partial charge < -0.3 is 14.2 Å². The number of nitrogens with zero attached hydrogens (tertiary/aromatic N) is 2. The molecule has 1 heterocycles. The first-order valence-corrected chi connectivity index (χ1v) is 14.2. The van der Waals surface area contributed by atoms with Crippen LogP contribution in [0.4, 0.5) is 41.6 Å². The van der Waals surface area contributed by atoms with E-state index in [4.69, 9.17) is 14.2 Å². The first kappa shape index (κ1) is 33.2. The van der Waals surface area contributed by atoms with E-state index < -0.39 is 54.3 Å². The van der Waals surface area contributed by atoms with Crippen molar-refractivity contribution in [3.63, 3.8) is 0 Å². The molecule has 1 aliphatic rings. The SMILES string of the molecule is CCOC(=O)N1c2cc(OC)c(CSCC)cc2C(N(Cc2cc(C(F)(F)F)cc(C(F)(F)F)c2)C(=O)OC)CC1C. The van der Waals surface area contributed by atoms with Gasteiger partial charge in [0, 0.05) is 30.0 Å². The fraction of sp³-hybridized carbons (Fsp3) is 0.500. The van der Waals surface area contributed by atoms with Crippen molar-refractivity contribution in [3.05, 3.63) is 58.1 Å². The number of carbonyl (C=O) groups is 2. The van der Waals surface area contributed by atoms with E-state index in [9.17, 15) is 35.9 Å². The Kier molecular flexibility index (Phi) is 10.6. The Balaban J connectivity index is 2.22. The largest absolute Gasteiger partial charge is 0.496 e. The number of amides is 2. The fourth-order valence-electron chi connectivity index (χ4n) is 4.91. The Morgan fingerprint density at radius 3 is 2.12 bits per heavy atom. The normalized spacial score (nSPS) is 17.0. The summed E-state index contributed by atoms with van der Waals surface area (Å²) in [6.45, 7) is 4.77. The molecule has 14 heteroatoms. The molecule has 0 spiro atoms. The van der Waals surface area contributed by atoms with Gasteiger partial charge in [0.1, 0.15) is 5.75 Å². The first-order valence-electron chi connectivity index (χ1n) is 13.0. The van der Waals surface area contributed by atoms with Crippen LogP contribution in [0, 0.1) is 0 Å². The van der Waals surface area contributed by atoms with Gasteiger partial charge in [-0.2, -0.15) is 38.1 Å². The summed E-state index contributed by atoms with van der Waals surface area (Å²) in [5.41, 5.74) is -1.86. The van der Waals surface area contributed by atoms with Crippen LogP contribution < -0.4 is 9.64 Å². The third-order valence-electron chi connectivity index (χ3n) is 6.77. The summed E-state index contributed by atoms with van der Waals surface area (Å²) in [6, 6.07) is 3.10. The van der Waals surface area contributed by atoms with Crippen LogP contribution in [0.1, 0.15) is 61.1 Å². The van der Waals surface area contributed by atoms with E-state index in [0.717, 1.165) is 23.3 Å². The van der Waals surface area contributed by atoms with E-state index in [2.05, 4.69) is 0 Å². The summed E-state index contributed by atoms with van der Waals surface area (Å²) in [7, 11) is 2.53. The number of methoxy groups -OCH3 is 2. The van der Waals surface area contributed by atoms with Gasteiger partial charge in [-0.15, -0.1) is 0 Å². The average Bonchev–Trinajstić information content (AvgIpc) is 2.92. The van der Waals surface area contributed by atoms with Crippen molar-refractivity contribution < 1.29 is 50.1 Å². The highest BCUT2D eigenvalue weighted by Crippen LogP contribution is 2.45. The third kappa shape index (κ3) is 7.37. The number of hydrogen-bond donors (Lipinski definition) is 0. The number of fused-ring (bicyclic) bond motifs is 1. The zero-order valence-corrected chi connectivity index (χ0v) is 24.5. The number of ether oxygens (including phenoxy) is 3. The summed E-state index contributed by atoms with van der Waals surface area (Å²) in [5.74, 6) is 1.75. The van der Waals surface area contributed by atoms with Crippen LogP contribution in [-0.4, -0.2) is 49.7 Å². The second-order valence-electron chi connectivity index (χ2n) is 9.54. The summed E-state index contributed by atoms with van der Waals surface area (Å²) >= 11 is 1.58. The van der Waals surface area contributed by atoms with E-state index in [1.807, 2.05) is 6.92 Å². The first-order chi connectivity index (χ1) is 19.7. The van der Waals surface area contributed by atoms with Crippen molar-refractivity contribution in [2.75, 3.05) is 31.5 Å². The smallest absolute Gasteiger partial charge is 0.416 e. The minimum absolute atomic E-state index is 0.0329. The van der Waals surface area contributed by atoms with Gasteiger partial charge in [0.15, 0.2) is 0 Å². The molecule has 2 unspecified atom stereocenters. The number of thioether (sulfide) groups is 1. The maximum Gasteiger partial charge on any atom is 0.416 e. The molecule has 2 atom stereocenters. The van der Waals surface area contributed by atoms with E-state index >= 15 is 0 Å². The lowest BCUT2D eigenvalue weighted by Crippen LogP contribution is -2.47. The van der Waals surface area contributed by atoms with Gasteiger partial charge in [0.2, 0.25) is 0 Å². The Bertz CT molecular complexity index is 1250. The van der Waals surface area contributed by atoms with E-state index in [1.54, 1.807) is 37.7 Å². The van der Waals surface area contributed by atoms with Crippen molar-refractivity contribution in [3.8, 4) is 5.75 Å². The molecule has 0 bridgehead atoms. The van der Waals surface area contributed by atoms with Crippen molar-refractivity contribution in [1.29, 1.82) is 0 Å². The molecule has 1 aliphatic heterocycles. The van der Waals surface area contributed by atoms with Gasteiger partial charge in [-0.3, -0.25) is 9.80 Å². The van der Waals surface area contributed by atoms with Crippen LogP contribution >= 0.6 is 11.8 Å². The quantitative estimate of drug-likeness (QED) is 0.278. The lowest BCUT2D eigenvalue weighted by atomic mass is 9.89. The van der Waals surface area contributed by atoms with Gasteiger partial charge in [0.25, 0.3) is 0 Å². The molecule has 42 heavy (non-hydrogen) atoms. The molecule has 0 N–H and O–H groups in total. The van der Waals surface area contributed by atoms with Crippen LogP contribution in [0.15, 0.2) is 30.3 Å². The average molecular weight is 623 g/mol. The molecule has 2 amide bonds. The van der Waals surface area contributed by atoms with Crippen LogP contribution in [0.2, 0.25) is 0 Å². The van der Waals surface area contributed by atoms with Gasteiger partial charge in [-0.25, -0.2) is 9.59 Å². The summed E-state index contributed by atoms with van der Waals surface area (Å²) < 4.78 is 97.2. The second-order valence-corrected chi connectivity index (χ2v) is 10.8. The Morgan fingerprint density at radius 1 is 1.00 bits per heavy atom. The molecule has 0 aromatic heterocycles. The molecule has 0 radical (unpaired) electrons. The Hall–Kier alpha value is -3.29. The summed E-state index contributed by atoms with van der Waals surface area (Å²) in [6.07, 6.45) is -11.6. The van der Waals surface area contributed by atoms with Gasteiger partial charge >= 0.3 is 24.5 Å². The molecule has 2 aromatic carbocycles. The standard InChI is InChI=1S/C28H32F6N2O5S/c1-6-41-26(38)36-16(3)8-22(21-11-18(15-42-7-2)24(39-4)13-23(21)36)35(25(37)40-5)14-17-9-19(27(29,30)31)12-20(10-17)28(32,33)34/h9-13,16,22H,6-8,14-15H2,1-5H3. The molecule has 232 valence electrons. The predicted octanol–water partition coefficient (Wildman–Crippen LogP) is 8.05. The number of anilines is 1. The summed E-state index contributed by atoms with van der Waals surface area (Å²) in [5, 5.41) is 0. The minimum atomic E-state index is -5.05. The number of rotatable bonds is 8. The number of hydrogen-bond acceptors (Lipinski definition) is 6. The monoisotopic (exact) mass is 622 g/mol. The van der Waals surface area contributed by atoms with E-state index in [-0.39, 0.29) is 24.7 Å². The maximum absolute atomic E-state index is 13.6. The van der Waals surface area contributed by atoms with Crippen LogP contribution in [0.3, 0.4) is 0 Å². The fourth-order valence-corrected chi connectivity index (χ4v) is 5.56. The number of carbonyl (C=O) groups excluding carboxylic acids is 2. The number of benzene rings is 2. The third-order valence-corrected chi connectivity index (χ3v) is 7.69. The maximum atomic E-state index is 13.6. The zero-order valence-electron chi connectivity index (χ0n) is 23.7. The van der Waals surface area contributed by atoms with Gasteiger partial charge in [-0.1, -0.05) is 6.92 Å². The lowest BCUT2D eigenvalue weighted by molar-refractivity contribution is -0.143. The molecule has 7 nitrogen and oxygen atoms in total. The van der Waals surface area contributed by atoms with Crippen LogP contribution in [0.25, 0.3) is 0 Å². The highest BCUT2D eigenvalue weighted by Gasteiger charge is 2.41. The van der Waals surface area contributed by atoms with Crippen LogP contribution in [-0.2, 0) is 34.1 Å². The topological polar surface area (TPSA) is 68.3 Å². The molecule has 0 saturated carbocycles. The van der Waals surface area contributed by atoms with E-state index in [0.29, 0.717) is 34.9 Å². The Labute approximate surface area is 244 Å². The Morgan fingerprint density at radius 2 is 1.62 bits per heavy atom. The molecule has 2 aromatic rings. The molecule has 0 fully saturated rings. The van der Waals surface area contributed by atoms with Crippen molar-refractivity contribution in [1.82, 2.24) is 4.90 Å². The zero-order chi connectivity index (χ0) is 31.4. The van der Waals surface area contributed by atoms with Crippen LogP contribution in [0.5, 0.6) is 5.75 Å². The lowest BCUT2D eigenvalue weighted by Gasteiger charge is -2.43. The highest BCUT2D eigenvalue weighted by molar-refractivity contribution is 7.98. The summed E-state index contributed by atoms with van der Waals surface area (Å²) in [4.78, 5) is 28.6. The predicted molar refractivity (Wildman–Crippen MR) is 146 cm³/mol. The molecule has 3 rings (SSSR count). The highest BCUT2D eigenvalue weighted by atomic mass is 32.2. The minimum Gasteiger partial charge on any atom is -0.496 e. The molecule has 0 saturated heterocycles. The van der Waals surface area contributed by atoms with Crippen molar-refractivity contribution in [2.24, 2.45) is 0 Å². The van der Waals surface area contributed by atoms with Crippen molar-refractivity contribution >= 4 is 29.6 Å². The van der Waals surface area contributed by atoms with Gasteiger partial charge in [0.05, 0.1) is 43.7 Å². The molecular formula is C28H32F6N2O5S. The molecule has 0 aliphatic carbocycles.